The Morgan fingerprint density at radius 1 is 1.31 bits per heavy atom. The predicted molar refractivity (Wildman–Crippen MR) is 45.8 cm³/mol. The smallest absolute Gasteiger partial charge is 0.309 e. The lowest BCUT2D eigenvalue weighted by Crippen LogP contribution is -2.33. The average Bonchev–Trinajstić information content (AvgIpc) is 2.41. The minimum atomic E-state index is -0.690. The van der Waals surface area contributed by atoms with Gasteiger partial charge in [-0.1, -0.05) is 6.42 Å². The molecule has 2 fully saturated rings. The number of fused-ring (bicyclic) bond motifs is 2. The van der Waals surface area contributed by atoms with Gasteiger partial charge in [0, 0.05) is 0 Å². The number of hydrogen-bond donors (Lipinski definition) is 1. The molecule has 0 aromatic carbocycles. The maximum atomic E-state index is 11.1. The van der Waals surface area contributed by atoms with Crippen molar-refractivity contribution in [3.05, 3.63) is 0 Å². The van der Waals surface area contributed by atoms with Gasteiger partial charge in [-0.2, -0.15) is 5.26 Å². The molecule has 2 unspecified atom stereocenters. The zero-order valence-electron chi connectivity index (χ0n) is 7.55. The highest BCUT2D eigenvalue weighted by atomic mass is 16.4. The standard InChI is InChI=1S/C10H13NO2/c11-7-9-2-1-3-10(6-9,5-4-9)8(12)13/h1-6H2,(H,12,13). The molecule has 2 rings (SSSR count). The van der Waals surface area contributed by atoms with Crippen molar-refractivity contribution in [1.82, 2.24) is 0 Å². The largest absolute Gasteiger partial charge is 0.481 e. The fourth-order valence-corrected chi connectivity index (χ4v) is 2.94. The first kappa shape index (κ1) is 8.55. The lowest BCUT2D eigenvalue weighted by molar-refractivity contribution is -0.150. The zero-order chi connectivity index (χ0) is 9.53. The van der Waals surface area contributed by atoms with Gasteiger partial charge in [0.25, 0.3) is 0 Å². The topological polar surface area (TPSA) is 61.1 Å². The van der Waals surface area contributed by atoms with Gasteiger partial charge in [0.15, 0.2) is 0 Å². The second kappa shape index (κ2) is 2.47. The number of rotatable bonds is 1. The summed E-state index contributed by atoms with van der Waals surface area (Å²) < 4.78 is 0. The van der Waals surface area contributed by atoms with E-state index in [1.54, 1.807) is 0 Å². The van der Waals surface area contributed by atoms with Crippen LogP contribution >= 0.6 is 0 Å². The fraction of sp³-hybridized carbons (Fsp3) is 0.800. The van der Waals surface area contributed by atoms with Crippen molar-refractivity contribution >= 4 is 5.97 Å². The molecular weight excluding hydrogens is 166 g/mol. The minimum absolute atomic E-state index is 0.295. The Balaban J connectivity index is 2.30. The molecule has 13 heavy (non-hydrogen) atoms. The number of carbonyl (C=O) groups is 1. The van der Waals surface area contributed by atoms with Crippen molar-refractivity contribution in [3.8, 4) is 6.07 Å². The molecule has 1 N–H and O–H groups in total. The molecule has 0 amide bonds. The molecule has 0 heterocycles. The van der Waals surface area contributed by atoms with Crippen molar-refractivity contribution < 1.29 is 9.90 Å². The normalized spacial score (nSPS) is 42.7. The van der Waals surface area contributed by atoms with Gasteiger partial charge < -0.3 is 5.11 Å². The maximum Gasteiger partial charge on any atom is 0.309 e. The van der Waals surface area contributed by atoms with Crippen LogP contribution in [-0.2, 0) is 4.79 Å². The summed E-state index contributed by atoms with van der Waals surface area (Å²) in [4.78, 5) is 11.1. The van der Waals surface area contributed by atoms with E-state index >= 15 is 0 Å². The first-order chi connectivity index (χ1) is 6.13. The molecule has 70 valence electrons. The van der Waals surface area contributed by atoms with E-state index in [4.69, 9.17) is 10.4 Å². The van der Waals surface area contributed by atoms with Crippen LogP contribution in [0.2, 0.25) is 0 Å². The molecule has 3 heteroatoms. The van der Waals surface area contributed by atoms with Crippen molar-refractivity contribution in [2.45, 2.75) is 38.5 Å². The molecule has 2 bridgehead atoms. The summed E-state index contributed by atoms with van der Waals surface area (Å²) in [6, 6.07) is 2.33. The van der Waals surface area contributed by atoms with Crippen LogP contribution in [-0.4, -0.2) is 11.1 Å². The summed E-state index contributed by atoms with van der Waals surface area (Å²) in [5.41, 5.74) is -0.843. The molecule has 2 aliphatic rings. The SMILES string of the molecule is N#CC12CCCC(C(=O)O)(CC1)C2. The third-order valence-corrected chi connectivity index (χ3v) is 3.76. The highest BCUT2D eigenvalue weighted by molar-refractivity contribution is 5.75. The van der Waals surface area contributed by atoms with Crippen LogP contribution in [0.5, 0.6) is 0 Å². The molecule has 0 radical (unpaired) electrons. The van der Waals surface area contributed by atoms with Crippen LogP contribution in [0.15, 0.2) is 0 Å². The predicted octanol–water partition coefficient (Wildman–Crippen LogP) is 1.94. The third-order valence-electron chi connectivity index (χ3n) is 3.76. The number of carboxylic acid groups (broad SMARTS) is 1. The van der Waals surface area contributed by atoms with Crippen LogP contribution in [0.3, 0.4) is 0 Å². The summed E-state index contributed by atoms with van der Waals surface area (Å²) in [7, 11) is 0. The van der Waals surface area contributed by atoms with E-state index in [2.05, 4.69) is 6.07 Å². The van der Waals surface area contributed by atoms with Gasteiger partial charge in [0.1, 0.15) is 0 Å². The Morgan fingerprint density at radius 3 is 2.69 bits per heavy atom. The summed E-state index contributed by atoms with van der Waals surface area (Å²) >= 11 is 0. The summed E-state index contributed by atoms with van der Waals surface area (Å²) in [5, 5.41) is 18.1. The number of nitriles is 1. The second-order valence-electron chi connectivity index (χ2n) is 4.51. The number of nitrogens with zero attached hydrogens (tertiary/aromatic N) is 1. The van der Waals surface area contributed by atoms with Crippen LogP contribution < -0.4 is 0 Å². The summed E-state index contributed by atoms with van der Waals surface area (Å²) in [6.07, 6.45) is 4.65. The van der Waals surface area contributed by atoms with Crippen LogP contribution in [0.1, 0.15) is 38.5 Å². The van der Waals surface area contributed by atoms with Crippen molar-refractivity contribution in [2.24, 2.45) is 10.8 Å². The maximum absolute atomic E-state index is 11.1. The number of hydrogen-bond acceptors (Lipinski definition) is 2. The van der Waals surface area contributed by atoms with Gasteiger partial charge in [-0.3, -0.25) is 4.79 Å². The molecule has 3 nitrogen and oxygen atoms in total. The molecule has 0 aromatic heterocycles. The van der Waals surface area contributed by atoms with E-state index in [0.29, 0.717) is 12.8 Å². The van der Waals surface area contributed by atoms with E-state index in [1.165, 1.54) is 0 Å². The highest BCUT2D eigenvalue weighted by Crippen LogP contribution is 2.58. The van der Waals surface area contributed by atoms with E-state index in [9.17, 15) is 4.79 Å². The van der Waals surface area contributed by atoms with Gasteiger partial charge in [0.05, 0.1) is 16.9 Å². The van der Waals surface area contributed by atoms with Crippen molar-refractivity contribution in [2.75, 3.05) is 0 Å². The lowest BCUT2D eigenvalue weighted by Gasteiger charge is -2.32. The highest BCUT2D eigenvalue weighted by Gasteiger charge is 2.55. The van der Waals surface area contributed by atoms with Gasteiger partial charge in [-0.05, 0) is 32.1 Å². The fourth-order valence-electron chi connectivity index (χ4n) is 2.94. The quantitative estimate of drug-likeness (QED) is 0.669. The molecular formula is C10H13NO2. The van der Waals surface area contributed by atoms with Gasteiger partial charge in [-0.25, -0.2) is 0 Å². The third kappa shape index (κ3) is 1.05. The Labute approximate surface area is 77.4 Å². The van der Waals surface area contributed by atoms with Gasteiger partial charge in [0.2, 0.25) is 0 Å². The second-order valence-corrected chi connectivity index (χ2v) is 4.51. The van der Waals surface area contributed by atoms with Gasteiger partial charge in [-0.15, -0.1) is 0 Å². The Bertz CT molecular complexity index is 294. The van der Waals surface area contributed by atoms with Gasteiger partial charge >= 0.3 is 5.97 Å². The average molecular weight is 179 g/mol. The lowest BCUT2D eigenvalue weighted by atomic mass is 9.70. The van der Waals surface area contributed by atoms with Crippen LogP contribution in [0, 0.1) is 22.2 Å². The molecule has 0 aliphatic heterocycles. The summed E-state index contributed by atoms with van der Waals surface area (Å²) in [6.45, 7) is 0. The van der Waals surface area contributed by atoms with E-state index < -0.39 is 11.4 Å². The van der Waals surface area contributed by atoms with E-state index in [0.717, 1.165) is 25.7 Å². The number of aliphatic carboxylic acids is 1. The summed E-state index contributed by atoms with van der Waals surface area (Å²) in [5.74, 6) is -0.690. The Kier molecular flexibility index (Phi) is 1.63. The molecule has 0 saturated heterocycles. The van der Waals surface area contributed by atoms with E-state index in [1.807, 2.05) is 0 Å². The minimum Gasteiger partial charge on any atom is -0.481 e. The zero-order valence-corrected chi connectivity index (χ0v) is 7.55. The molecule has 2 atom stereocenters. The van der Waals surface area contributed by atoms with Crippen LogP contribution in [0.4, 0.5) is 0 Å². The van der Waals surface area contributed by atoms with Crippen molar-refractivity contribution in [3.63, 3.8) is 0 Å². The molecule has 0 spiro atoms. The van der Waals surface area contributed by atoms with E-state index in [-0.39, 0.29) is 5.41 Å². The molecule has 0 aromatic rings. The Hall–Kier alpha value is -1.04. The molecule has 2 saturated carbocycles. The Morgan fingerprint density at radius 2 is 2.08 bits per heavy atom. The van der Waals surface area contributed by atoms with Crippen LogP contribution in [0.25, 0.3) is 0 Å². The first-order valence-corrected chi connectivity index (χ1v) is 4.77. The first-order valence-electron chi connectivity index (χ1n) is 4.77. The number of carboxylic acids is 1. The van der Waals surface area contributed by atoms with Crippen molar-refractivity contribution in [1.29, 1.82) is 5.26 Å². The molecule has 2 aliphatic carbocycles. The monoisotopic (exact) mass is 179 g/mol.